The van der Waals surface area contributed by atoms with Crippen molar-refractivity contribution in [2.45, 2.75) is 45.6 Å². The Morgan fingerprint density at radius 3 is 2.82 bits per heavy atom. The van der Waals surface area contributed by atoms with E-state index in [0.717, 1.165) is 37.1 Å². The molecule has 17 heavy (non-hydrogen) atoms. The van der Waals surface area contributed by atoms with E-state index >= 15 is 0 Å². The molecule has 96 valence electrons. The number of morpholine rings is 1. The summed E-state index contributed by atoms with van der Waals surface area (Å²) < 4.78 is 9.99. The number of rotatable bonds is 2. The molecule has 1 aromatic rings. The summed E-state index contributed by atoms with van der Waals surface area (Å²) in [6, 6.07) is 0.449. The SMILES string of the molecule is CCC1COCCN1c1nc(C(C)(C)C)ns1. The molecule has 0 aromatic carbocycles. The monoisotopic (exact) mass is 255 g/mol. The van der Waals surface area contributed by atoms with Crippen molar-refractivity contribution in [3.63, 3.8) is 0 Å². The molecule has 0 radical (unpaired) electrons. The van der Waals surface area contributed by atoms with E-state index in [4.69, 9.17) is 4.74 Å². The molecule has 1 saturated heterocycles. The summed E-state index contributed by atoms with van der Waals surface area (Å²) in [6.45, 7) is 11.2. The van der Waals surface area contributed by atoms with E-state index in [1.54, 1.807) is 0 Å². The van der Waals surface area contributed by atoms with Crippen molar-refractivity contribution in [1.82, 2.24) is 9.36 Å². The molecule has 1 aliphatic rings. The van der Waals surface area contributed by atoms with E-state index in [9.17, 15) is 0 Å². The van der Waals surface area contributed by atoms with E-state index in [-0.39, 0.29) is 5.41 Å². The normalized spacial score (nSPS) is 21.9. The number of nitrogens with zero attached hydrogens (tertiary/aromatic N) is 3. The van der Waals surface area contributed by atoms with Gasteiger partial charge in [0.15, 0.2) is 0 Å². The Balaban J connectivity index is 2.18. The Hall–Kier alpha value is -0.680. The zero-order chi connectivity index (χ0) is 12.5. The molecule has 1 unspecified atom stereocenters. The lowest BCUT2D eigenvalue weighted by Crippen LogP contribution is -2.45. The van der Waals surface area contributed by atoms with E-state index in [1.807, 2.05) is 0 Å². The number of hydrogen-bond donors (Lipinski definition) is 0. The molecule has 0 aliphatic carbocycles. The predicted octanol–water partition coefficient (Wildman–Crippen LogP) is 2.45. The first-order valence-electron chi connectivity index (χ1n) is 6.21. The van der Waals surface area contributed by atoms with Gasteiger partial charge in [-0.2, -0.15) is 4.37 Å². The second-order valence-electron chi connectivity index (χ2n) is 5.48. The Morgan fingerprint density at radius 1 is 1.47 bits per heavy atom. The van der Waals surface area contributed by atoms with Crippen LogP contribution in [0.2, 0.25) is 0 Å². The van der Waals surface area contributed by atoms with Crippen LogP contribution in [-0.4, -0.2) is 35.2 Å². The summed E-state index contributed by atoms with van der Waals surface area (Å²) in [5.74, 6) is 0.943. The molecule has 1 aliphatic heterocycles. The van der Waals surface area contributed by atoms with E-state index in [0.29, 0.717) is 6.04 Å². The third-order valence-corrected chi connectivity index (χ3v) is 3.78. The van der Waals surface area contributed by atoms with Crippen LogP contribution >= 0.6 is 11.5 Å². The number of ether oxygens (including phenoxy) is 1. The van der Waals surface area contributed by atoms with Crippen LogP contribution in [0.3, 0.4) is 0 Å². The molecule has 0 bridgehead atoms. The zero-order valence-corrected chi connectivity index (χ0v) is 11.9. The Bertz CT molecular complexity index is 372. The molecular weight excluding hydrogens is 234 g/mol. The van der Waals surface area contributed by atoms with Gasteiger partial charge in [0.25, 0.3) is 0 Å². The Labute approximate surface area is 107 Å². The second kappa shape index (κ2) is 4.90. The van der Waals surface area contributed by atoms with Crippen molar-refractivity contribution in [3.8, 4) is 0 Å². The summed E-state index contributed by atoms with van der Waals surface area (Å²) in [4.78, 5) is 7.02. The van der Waals surface area contributed by atoms with Gasteiger partial charge >= 0.3 is 0 Å². The highest BCUT2D eigenvalue weighted by molar-refractivity contribution is 7.09. The van der Waals surface area contributed by atoms with Crippen LogP contribution in [0, 0.1) is 0 Å². The highest BCUT2D eigenvalue weighted by Crippen LogP contribution is 2.27. The van der Waals surface area contributed by atoms with Crippen LogP contribution in [0.5, 0.6) is 0 Å². The summed E-state index contributed by atoms with van der Waals surface area (Å²) in [6.07, 6.45) is 1.09. The maximum absolute atomic E-state index is 5.51. The molecular formula is C12H21N3OS. The van der Waals surface area contributed by atoms with Crippen molar-refractivity contribution in [3.05, 3.63) is 5.82 Å². The molecule has 2 rings (SSSR count). The average molecular weight is 255 g/mol. The van der Waals surface area contributed by atoms with Gasteiger partial charge in [0.05, 0.1) is 19.3 Å². The number of hydrogen-bond acceptors (Lipinski definition) is 5. The van der Waals surface area contributed by atoms with Gasteiger partial charge in [-0.05, 0) is 6.42 Å². The first-order valence-corrected chi connectivity index (χ1v) is 6.98. The minimum absolute atomic E-state index is 0.0305. The molecule has 0 N–H and O–H groups in total. The maximum Gasteiger partial charge on any atom is 0.205 e. The summed E-state index contributed by atoms with van der Waals surface area (Å²) in [7, 11) is 0. The van der Waals surface area contributed by atoms with Crippen LogP contribution < -0.4 is 4.90 Å². The largest absolute Gasteiger partial charge is 0.377 e. The lowest BCUT2D eigenvalue weighted by molar-refractivity contribution is 0.0929. The lowest BCUT2D eigenvalue weighted by Gasteiger charge is -2.34. The summed E-state index contributed by atoms with van der Waals surface area (Å²) in [5, 5.41) is 1.05. The van der Waals surface area contributed by atoms with Crippen molar-refractivity contribution in [2.75, 3.05) is 24.7 Å². The van der Waals surface area contributed by atoms with Crippen LogP contribution in [-0.2, 0) is 10.2 Å². The molecule has 5 heteroatoms. The van der Waals surface area contributed by atoms with Crippen molar-refractivity contribution in [1.29, 1.82) is 0 Å². The van der Waals surface area contributed by atoms with Crippen molar-refractivity contribution >= 4 is 16.7 Å². The van der Waals surface area contributed by atoms with E-state index in [1.165, 1.54) is 11.5 Å². The first-order chi connectivity index (χ1) is 8.02. The summed E-state index contributed by atoms with van der Waals surface area (Å²) in [5.41, 5.74) is 0.0305. The molecule has 1 atom stereocenters. The highest BCUT2D eigenvalue weighted by Gasteiger charge is 2.27. The van der Waals surface area contributed by atoms with Gasteiger partial charge in [0.2, 0.25) is 5.13 Å². The lowest BCUT2D eigenvalue weighted by atomic mass is 9.96. The van der Waals surface area contributed by atoms with Gasteiger partial charge in [-0.3, -0.25) is 0 Å². The molecule has 2 heterocycles. The molecule has 0 spiro atoms. The highest BCUT2D eigenvalue weighted by atomic mass is 32.1. The maximum atomic E-state index is 5.51. The van der Waals surface area contributed by atoms with Gasteiger partial charge in [-0.25, -0.2) is 4.98 Å². The third kappa shape index (κ3) is 2.77. The molecule has 1 aromatic heterocycles. The van der Waals surface area contributed by atoms with Gasteiger partial charge in [-0.1, -0.05) is 27.7 Å². The molecule has 0 saturated carbocycles. The van der Waals surface area contributed by atoms with E-state index < -0.39 is 0 Å². The van der Waals surface area contributed by atoms with E-state index in [2.05, 4.69) is 42.0 Å². The minimum atomic E-state index is 0.0305. The second-order valence-corrected chi connectivity index (χ2v) is 6.21. The van der Waals surface area contributed by atoms with Crippen molar-refractivity contribution < 1.29 is 4.74 Å². The minimum Gasteiger partial charge on any atom is -0.377 e. The Morgan fingerprint density at radius 2 is 2.24 bits per heavy atom. The fraction of sp³-hybridized carbons (Fsp3) is 0.833. The molecule has 4 nitrogen and oxygen atoms in total. The standard InChI is InChI=1S/C12H21N3OS/c1-5-9-8-16-7-6-15(9)11-13-10(14-17-11)12(2,3)4/h9H,5-8H2,1-4H3. The van der Waals surface area contributed by atoms with Gasteiger partial charge in [0, 0.05) is 23.5 Å². The molecule has 1 fully saturated rings. The van der Waals surface area contributed by atoms with Gasteiger partial charge < -0.3 is 9.64 Å². The zero-order valence-electron chi connectivity index (χ0n) is 11.1. The molecule has 0 amide bonds. The van der Waals surface area contributed by atoms with Crippen LogP contribution in [0.4, 0.5) is 5.13 Å². The van der Waals surface area contributed by atoms with Crippen LogP contribution in [0.25, 0.3) is 0 Å². The van der Waals surface area contributed by atoms with Crippen LogP contribution in [0.1, 0.15) is 39.9 Å². The topological polar surface area (TPSA) is 38.2 Å². The summed E-state index contributed by atoms with van der Waals surface area (Å²) >= 11 is 1.51. The average Bonchev–Trinajstić information content (AvgIpc) is 2.77. The van der Waals surface area contributed by atoms with Crippen molar-refractivity contribution in [2.24, 2.45) is 0 Å². The fourth-order valence-electron chi connectivity index (χ4n) is 1.88. The smallest absolute Gasteiger partial charge is 0.205 e. The van der Waals surface area contributed by atoms with Gasteiger partial charge in [-0.15, -0.1) is 0 Å². The van der Waals surface area contributed by atoms with Gasteiger partial charge in [0.1, 0.15) is 5.82 Å². The number of aromatic nitrogens is 2. The van der Waals surface area contributed by atoms with Crippen LogP contribution in [0.15, 0.2) is 0 Å². The fourth-order valence-corrected chi connectivity index (χ4v) is 2.84. The first kappa shape index (κ1) is 12.8. The predicted molar refractivity (Wildman–Crippen MR) is 70.9 cm³/mol. The Kier molecular flexibility index (Phi) is 3.68. The number of anilines is 1. The quantitative estimate of drug-likeness (QED) is 0.813. The third-order valence-electron chi connectivity index (χ3n) is 3.03.